The van der Waals surface area contributed by atoms with Crippen LogP contribution in [0.25, 0.3) is 0 Å². The molecule has 0 saturated carbocycles. The number of para-hydroxylation sites is 1. The molecule has 6 heteroatoms. The fourth-order valence-electron chi connectivity index (χ4n) is 2.62. The first-order valence-corrected chi connectivity index (χ1v) is 7.70. The van der Waals surface area contributed by atoms with Gasteiger partial charge in [0.25, 0.3) is 0 Å². The van der Waals surface area contributed by atoms with Crippen molar-refractivity contribution >= 4 is 5.91 Å². The van der Waals surface area contributed by atoms with Gasteiger partial charge in [0.1, 0.15) is 18.4 Å². The van der Waals surface area contributed by atoms with E-state index in [-0.39, 0.29) is 11.9 Å². The Morgan fingerprint density at radius 2 is 2.26 bits per heavy atom. The molecule has 6 nitrogen and oxygen atoms in total. The Morgan fingerprint density at radius 1 is 1.39 bits per heavy atom. The Morgan fingerprint density at radius 3 is 3.09 bits per heavy atom. The van der Waals surface area contributed by atoms with Crippen LogP contribution < -0.4 is 10.1 Å². The highest BCUT2D eigenvalue weighted by molar-refractivity contribution is 5.84. The van der Waals surface area contributed by atoms with Gasteiger partial charge in [-0.25, -0.2) is 0 Å². The van der Waals surface area contributed by atoms with Crippen molar-refractivity contribution in [2.75, 3.05) is 26.7 Å². The number of nitrogens with one attached hydrogen (secondary N) is 1. The summed E-state index contributed by atoms with van der Waals surface area (Å²) in [5, 5.41) is 3.27. The number of carbonyl (C=O) groups excluding carboxylic acids is 1. The normalized spacial score (nSPS) is 16.8. The van der Waals surface area contributed by atoms with Gasteiger partial charge in [-0.15, -0.1) is 0 Å². The van der Waals surface area contributed by atoms with Crippen LogP contribution in [0, 0.1) is 0 Å². The van der Waals surface area contributed by atoms with Gasteiger partial charge < -0.3 is 9.64 Å². The minimum atomic E-state index is -0.374. The minimum absolute atomic E-state index is 0.0341. The number of aromatic nitrogens is 2. The van der Waals surface area contributed by atoms with Crippen LogP contribution in [0.1, 0.15) is 17.3 Å². The van der Waals surface area contributed by atoms with E-state index in [1.54, 1.807) is 23.5 Å². The summed E-state index contributed by atoms with van der Waals surface area (Å²) >= 11 is 0. The quantitative estimate of drug-likeness (QED) is 0.919. The molecular formula is C17H20N4O2. The first-order valence-electron chi connectivity index (χ1n) is 7.70. The van der Waals surface area contributed by atoms with Crippen LogP contribution in [0.2, 0.25) is 0 Å². The second-order valence-electron chi connectivity index (χ2n) is 5.48. The van der Waals surface area contributed by atoms with Crippen molar-refractivity contribution in [3.8, 4) is 5.75 Å². The van der Waals surface area contributed by atoms with Crippen LogP contribution in [0.3, 0.4) is 0 Å². The average molecular weight is 312 g/mol. The third-order valence-corrected chi connectivity index (χ3v) is 3.88. The molecule has 0 bridgehead atoms. The van der Waals surface area contributed by atoms with Gasteiger partial charge in [-0.2, -0.15) is 0 Å². The van der Waals surface area contributed by atoms with Gasteiger partial charge in [0, 0.05) is 50.7 Å². The molecule has 0 fully saturated rings. The van der Waals surface area contributed by atoms with Gasteiger partial charge >= 0.3 is 0 Å². The largest absolute Gasteiger partial charge is 0.492 e. The molecule has 23 heavy (non-hydrogen) atoms. The molecule has 1 aromatic carbocycles. The highest BCUT2D eigenvalue weighted by Gasteiger charge is 2.27. The molecule has 0 saturated heterocycles. The first-order chi connectivity index (χ1) is 11.3. The molecule has 0 radical (unpaired) electrons. The van der Waals surface area contributed by atoms with Gasteiger partial charge in [-0.05, 0) is 6.07 Å². The van der Waals surface area contributed by atoms with Crippen molar-refractivity contribution in [3.63, 3.8) is 0 Å². The zero-order chi connectivity index (χ0) is 16.1. The van der Waals surface area contributed by atoms with Crippen LogP contribution >= 0.6 is 0 Å². The molecule has 1 atom stereocenters. The summed E-state index contributed by atoms with van der Waals surface area (Å²) in [6, 6.07) is 7.31. The van der Waals surface area contributed by atoms with Crippen molar-refractivity contribution in [1.29, 1.82) is 0 Å². The van der Waals surface area contributed by atoms with Crippen molar-refractivity contribution in [2.24, 2.45) is 0 Å². The summed E-state index contributed by atoms with van der Waals surface area (Å²) in [6.45, 7) is 1.80. The molecule has 1 aliphatic heterocycles. The lowest BCUT2D eigenvalue weighted by Crippen LogP contribution is -2.40. The van der Waals surface area contributed by atoms with Gasteiger partial charge in [-0.3, -0.25) is 20.1 Å². The van der Waals surface area contributed by atoms with E-state index in [0.717, 1.165) is 17.0 Å². The molecule has 120 valence electrons. The summed E-state index contributed by atoms with van der Waals surface area (Å²) in [6.07, 6.45) is 5.72. The number of hydrogen-bond acceptors (Lipinski definition) is 5. The predicted octanol–water partition coefficient (Wildman–Crippen LogP) is 1.20. The van der Waals surface area contributed by atoms with E-state index in [9.17, 15) is 4.79 Å². The third-order valence-electron chi connectivity index (χ3n) is 3.88. The smallest absolute Gasteiger partial charge is 0.244 e. The molecular weight excluding hydrogens is 292 g/mol. The third kappa shape index (κ3) is 3.65. The Hall–Kier alpha value is -2.47. The highest BCUT2D eigenvalue weighted by Crippen LogP contribution is 2.28. The fraction of sp³-hybridized carbons (Fsp3) is 0.353. The molecule has 1 aliphatic rings. The zero-order valence-corrected chi connectivity index (χ0v) is 13.1. The Bertz CT molecular complexity index is 663. The van der Waals surface area contributed by atoms with Gasteiger partial charge in [-0.1, -0.05) is 18.2 Å². The number of fused-ring (bicyclic) bond motifs is 1. The van der Waals surface area contributed by atoms with E-state index < -0.39 is 0 Å². The van der Waals surface area contributed by atoms with Crippen molar-refractivity contribution in [1.82, 2.24) is 20.2 Å². The Balaban J connectivity index is 1.69. The second kappa shape index (κ2) is 7.19. The molecule has 0 aliphatic carbocycles. The molecule has 1 unspecified atom stereocenters. The second-order valence-corrected chi connectivity index (χ2v) is 5.48. The Labute approximate surface area is 135 Å². The molecule has 1 aromatic heterocycles. The standard InChI is InChI=1S/C17H20N4O2/c1-21(10-6-13-12-18-7-8-19-13)17(22)16-14-4-2-3-5-15(14)23-11-9-20-16/h2-5,7-8,12,16,20H,6,9-11H2,1H3. The lowest BCUT2D eigenvalue weighted by molar-refractivity contribution is -0.132. The minimum Gasteiger partial charge on any atom is -0.492 e. The van der Waals surface area contributed by atoms with E-state index >= 15 is 0 Å². The van der Waals surface area contributed by atoms with E-state index in [1.807, 2.05) is 31.3 Å². The van der Waals surface area contributed by atoms with Crippen molar-refractivity contribution < 1.29 is 9.53 Å². The number of rotatable bonds is 4. The number of benzene rings is 1. The van der Waals surface area contributed by atoms with Crippen LogP contribution in [-0.4, -0.2) is 47.5 Å². The van der Waals surface area contributed by atoms with E-state index in [0.29, 0.717) is 26.1 Å². The first kappa shape index (κ1) is 15.4. The number of likely N-dealkylation sites (N-methyl/N-ethyl adjacent to an activating group) is 1. The van der Waals surface area contributed by atoms with E-state index in [2.05, 4.69) is 15.3 Å². The molecule has 3 rings (SSSR count). The van der Waals surface area contributed by atoms with Gasteiger partial charge in [0.2, 0.25) is 5.91 Å². The molecule has 1 amide bonds. The SMILES string of the molecule is CN(CCc1cnccn1)C(=O)C1NCCOc2ccccc21. The number of nitrogens with zero attached hydrogens (tertiary/aromatic N) is 3. The number of amides is 1. The lowest BCUT2D eigenvalue weighted by Gasteiger charge is -2.24. The van der Waals surface area contributed by atoms with E-state index in [1.165, 1.54) is 0 Å². The molecule has 2 aromatic rings. The maximum atomic E-state index is 12.8. The number of ether oxygens (including phenoxy) is 1. The fourth-order valence-corrected chi connectivity index (χ4v) is 2.62. The maximum absolute atomic E-state index is 12.8. The van der Waals surface area contributed by atoms with Crippen LogP contribution in [0.15, 0.2) is 42.9 Å². The lowest BCUT2D eigenvalue weighted by atomic mass is 10.0. The summed E-state index contributed by atoms with van der Waals surface area (Å²) < 4.78 is 5.69. The summed E-state index contributed by atoms with van der Waals surface area (Å²) in [7, 11) is 1.81. The van der Waals surface area contributed by atoms with Crippen LogP contribution in [0.4, 0.5) is 0 Å². The Kier molecular flexibility index (Phi) is 4.83. The maximum Gasteiger partial charge on any atom is 0.244 e. The molecule has 1 N–H and O–H groups in total. The summed E-state index contributed by atoms with van der Waals surface area (Å²) in [5.41, 5.74) is 1.77. The van der Waals surface area contributed by atoms with Gasteiger partial charge in [0.15, 0.2) is 0 Å². The number of carbonyl (C=O) groups is 1. The average Bonchev–Trinajstić information content (AvgIpc) is 2.82. The monoisotopic (exact) mass is 312 g/mol. The molecule has 2 heterocycles. The van der Waals surface area contributed by atoms with Crippen LogP contribution in [-0.2, 0) is 11.2 Å². The van der Waals surface area contributed by atoms with Crippen molar-refractivity contribution in [3.05, 3.63) is 54.1 Å². The van der Waals surface area contributed by atoms with Crippen molar-refractivity contribution in [2.45, 2.75) is 12.5 Å². The van der Waals surface area contributed by atoms with E-state index in [4.69, 9.17) is 4.74 Å². The number of hydrogen-bond donors (Lipinski definition) is 1. The summed E-state index contributed by atoms with van der Waals surface area (Å²) in [4.78, 5) is 22.8. The van der Waals surface area contributed by atoms with Gasteiger partial charge in [0.05, 0.1) is 5.69 Å². The predicted molar refractivity (Wildman–Crippen MR) is 86.1 cm³/mol. The van der Waals surface area contributed by atoms with Crippen LogP contribution in [0.5, 0.6) is 5.75 Å². The molecule has 0 spiro atoms. The zero-order valence-electron chi connectivity index (χ0n) is 13.1. The highest BCUT2D eigenvalue weighted by atomic mass is 16.5. The summed E-state index contributed by atoms with van der Waals surface area (Å²) in [5.74, 6) is 0.810. The topological polar surface area (TPSA) is 67.4 Å².